The number of carbonyl (C=O) groups is 2. The molecule has 2 atom stereocenters. The molecule has 2 aromatic heterocycles. The van der Waals surface area contributed by atoms with E-state index >= 15 is 0 Å². The summed E-state index contributed by atoms with van der Waals surface area (Å²) in [5.74, 6) is -0.796. The number of benzene rings is 2. The summed E-state index contributed by atoms with van der Waals surface area (Å²) >= 11 is 0. The number of sulfonamides is 1. The molecule has 0 fully saturated rings. The van der Waals surface area contributed by atoms with Gasteiger partial charge in [0.1, 0.15) is 5.76 Å². The molecule has 4 N–H and O–H groups in total. The minimum absolute atomic E-state index is 0.112. The Bertz CT molecular complexity index is 1490. The molecule has 12 heteroatoms. The van der Waals surface area contributed by atoms with E-state index in [4.69, 9.17) is 4.42 Å². The largest absolute Gasteiger partial charge is 0.464 e. The number of imidazole rings is 1. The van der Waals surface area contributed by atoms with E-state index in [1.807, 2.05) is 30.3 Å². The van der Waals surface area contributed by atoms with Crippen LogP contribution in [0.4, 0.5) is 11.6 Å². The van der Waals surface area contributed by atoms with Gasteiger partial charge in [0, 0.05) is 30.6 Å². The second kappa shape index (κ2) is 11.3. The first-order chi connectivity index (χ1) is 18.1. The van der Waals surface area contributed by atoms with Gasteiger partial charge in [-0.2, -0.15) is 0 Å². The lowest BCUT2D eigenvalue weighted by Gasteiger charge is -2.24. The fourth-order valence-electron chi connectivity index (χ4n) is 3.77. The summed E-state index contributed by atoms with van der Waals surface area (Å²) in [6.07, 6.45) is 4.00. The van der Waals surface area contributed by atoms with Crippen LogP contribution in [0.25, 0.3) is 11.3 Å². The number of amides is 2. The van der Waals surface area contributed by atoms with Crippen LogP contribution >= 0.6 is 0 Å². The van der Waals surface area contributed by atoms with Gasteiger partial charge in [-0.1, -0.05) is 30.3 Å². The number of aromatic amines is 1. The van der Waals surface area contributed by atoms with E-state index in [0.29, 0.717) is 11.3 Å². The molecule has 38 heavy (non-hydrogen) atoms. The van der Waals surface area contributed by atoms with Crippen molar-refractivity contribution in [2.45, 2.75) is 18.6 Å². The molecular formula is C26H27N5O6S. The third-order valence-corrected chi connectivity index (χ3v) is 7.06. The molecule has 0 aliphatic heterocycles. The Morgan fingerprint density at radius 1 is 1.13 bits per heavy atom. The number of nitrogens with zero attached hydrogens (tertiary/aromatic N) is 2. The number of hydrogen-bond donors (Lipinski definition) is 4. The van der Waals surface area contributed by atoms with Gasteiger partial charge in [-0.25, -0.2) is 13.4 Å². The summed E-state index contributed by atoms with van der Waals surface area (Å²) < 4.78 is 30.9. The zero-order chi connectivity index (χ0) is 27.3. The van der Waals surface area contributed by atoms with Crippen LogP contribution in [-0.2, 0) is 21.2 Å². The van der Waals surface area contributed by atoms with E-state index in [0.717, 1.165) is 16.1 Å². The average molecular weight is 538 g/mol. The summed E-state index contributed by atoms with van der Waals surface area (Å²) in [6, 6.07) is 16.0. The van der Waals surface area contributed by atoms with Crippen molar-refractivity contribution in [3.63, 3.8) is 0 Å². The number of aliphatic hydroxyl groups excluding tert-OH is 1. The highest BCUT2D eigenvalue weighted by Crippen LogP contribution is 2.28. The maximum atomic E-state index is 13.5. The summed E-state index contributed by atoms with van der Waals surface area (Å²) in [5, 5.41) is 16.1. The molecule has 11 nitrogen and oxygen atoms in total. The molecule has 0 aliphatic carbocycles. The monoisotopic (exact) mass is 537 g/mol. The summed E-state index contributed by atoms with van der Waals surface area (Å²) in [4.78, 5) is 32.9. The number of aromatic nitrogens is 2. The van der Waals surface area contributed by atoms with Crippen molar-refractivity contribution in [1.29, 1.82) is 0 Å². The molecule has 4 rings (SSSR count). The van der Waals surface area contributed by atoms with E-state index in [9.17, 15) is 23.1 Å². The summed E-state index contributed by atoms with van der Waals surface area (Å²) in [6.45, 7) is 0. The van der Waals surface area contributed by atoms with Gasteiger partial charge in [-0.05, 0) is 42.3 Å². The molecular weight excluding hydrogens is 510 g/mol. The van der Waals surface area contributed by atoms with Crippen molar-refractivity contribution in [3.8, 4) is 11.3 Å². The predicted octanol–water partition coefficient (Wildman–Crippen LogP) is 2.41. The molecule has 0 bridgehead atoms. The first kappa shape index (κ1) is 26.6. The second-order valence-corrected chi connectivity index (χ2v) is 10.6. The third-order valence-electron chi connectivity index (χ3n) is 5.85. The Morgan fingerprint density at radius 2 is 1.89 bits per heavy atom. The molecule has 4 aromatic rings. The first-order valence-corrected chi connectivity index (χ1v) is 13.4. The van der Waals surface area contributed by atoms with Gasteiger partial charge in [0.2, 0.25) is 16.0 Å². The maximum absolute atomic E-state index is 13.5. The van der Waals surface area contributed by atoms with Crippen molar-refractivity contribution >= 4 is 33.5 Å². The molecule has 0 saturated heterocycles. The lowest BCUT2D eigenvalue weighted by atomic mass is 9.99. The minimum atomic E-state index is -3.63. The fraction of sp³-hybridized carbons (Fsp3) is 0.192. The topological polar surface area (TPSA) is 158 Å². The maximum Gasteiger partial charge on any atom is 0.257 e. The van der Waals surface area contributed by atoms with E-state index in [1.165, 1.54) is 31.8 Å². The number of aliphatic hydroxyl groups is 1. The van der Waals surface area contributed by atoms with E-state index < -0.39 is 34.0 Å². The highest BCUT2D eigenvalue weighted by Gasteiger charge is 2.29. The zero-order valence-electron chi connectivity index (χ0n) is 20.7. The van der Waals surface area contributed by atoms with Gasteiger partial charge in [-0.3, -0.25) is 19.2 Å². The average Bonchev–Trinajstić information content (AvgIpc) is 3.62. The van der Waals surface area contributed by atoms with Crippen molar-refractivity contribution in [3.05, 3.63) is 90.4 Å². The number of hydrogen-bond acceptors (Lipinski definition) is 7. The molecule has 0 aliphatic rings. The third kappa shape index (κ3) is 6.47. The number of furan rings is 1. The summed E-state index contributed by atoms with van der Waals surface area (Å²) in [7, 11) is -2.25. The molecule has 0 radical (unpaired) electrons. The number of rotatable bonds is 10. The van der Waals surface area contributed by atoms with Gasteiger partial charge < -0.3 is 19.8 Å². The Kier molecular flexibility index (Phi) is 7.93. The standard InChI is InChI=1S/C26H27N5O6S/c1-31(38(2,35)36)20-15-18(22-9-6-12-37-22)14-19(16-20)24(33)29-21(13-17-7-4-3-5-8-17)23(32)25(34)30-26-27-10-11-28-26/h3-12,14-16,21,23,32H,13H2,1-2H3,(H,29,33)(H2,27,28,30,34). The van der Waals surface area contributed by atoms with Crippen LogP contribution in [0, 0.1) is 0 Å². The molecule has 2 amide bonds. The van der Waals surface area contributed by atoms with Crippen LogP contribution < -0.4 is 14.9 Å². The molecule has 198 valence electrons. The van der Waals surface area contributed by atoms with Crippen molar-refractivity contribution < 1.29 is 27.5 Å². The van der Waals surface area contributed by atoms with E-state index in [2.05, 4.69) is 20.6 Å². The Morgan fingerprint density at radius 3 is 2.53 bits per heavy atom. The highest BCUT2D eigenvalue weighted by molar-refractivity contribution is 7.92. The SMILES string of the molecule is CN(c1cc(C(=O)NC(Cc2ccccc2)C(O)C(=O)Nc2ncc[nH]2)cc(-c2ccco2)c1)S(C)(=O)=O. The molecule has 2 heterocycles. The minimum Gasteiger partial charge on any atom is -0.464 e. The van der Waals surface area contributed by atoms with Gasteiger partial charge in [0.15, 0.2) is 6.10 Å². The zero-order valence-corrected chi connectivity index (χ0v) is 21.5. The molecule has 2 aromatic carbocycles. The van der Waals surface area contributed by atoms with Gasteiger partial charge >= 0.3 is 0 Å². The van der Waals surface area contributed by atoms with Crippen LogP contribution in [0.15, 0.2) is 83.7 Å². The van der Waals surface area contributed by atoms with Crippen LogP contribution in [0.2, 0.25) is 0 Å². The lowest BCUT2D eigenvalue weighted by molar-refractivity contribution is -0.125. The van der Waals surface area contributed by atoms with Crippen LogP contribution in [0.5, 0.6) is 0 Å². The highest BCUT2D eigenvalue weighted by atomic mass is 32.2. The number of H-pyrrole nitrogens is 1. The van der Waals surface area contributed by atoms with Crippen LogP contribution in [-0.4, -0.2) is 60.8 Å². The Balaban J connectivity index is 1.65. The number of nitrogens with one attached hydrogen (secondary N) is 3. The number of anilines is 2. The van der Waals surface area contributed by atoms with E-state index in [-0.39, 0.29) is 23.6 Å². The lowest BCUT2D eigenvalue weighted by Crippen LogP contribution is -2.50. The quantitative estimate of drug-likeness (QED) is 0.242. The summed E-state index contributed by atoms with van der Waals surface area (Å²) in [5.41, 5.74) is 1.61. The van der Waals surface area contributed by atoms with Crippen LogP contribution in [0.3, 0.4) is 0 Å². The Labute approximate surface area is 219 Å². The fourth-order valence-corrected chi connectivity index (χ4v) is 4.26. The second-order valence-electron chi connectivity index (χ2n) is 8.62. The van der Waals surface area contributed by atoms with Gasteiger partial charge in [0.25, 0.3) is 11.8 Å². The molecule has 0 saturated carbocycles. The normalized spacial score (nSPS) is 12.9. The van der Waals surface area contributed by atoms with Crippen molar-refractivity contribution in [2.24, 2.45) is 0 Å². The van der Waals surface area contributed by atoms with Crippen LogP contribution in [0.1, 0.15) is 15.9 Å². The van der Waals surface area contributed by atoms with Gasteiger partial charge in [0.05, 0.1) is 24.2 Å². The molecule has 0 spiro atoms. The number of carbonyl (C=O) groups excluding carboxylic acids is 2. The van der Waals surface area contributed by atoms with Gasteiger partial charge in [-0.15, -0.1) is 0 Å². The van der Waals surface area contributed by atoms with Crippen molar-refractivity contribution in [2.75, 3.05) is 22.9 Å². The van der Waals surface area contributed by atoms with E-state index in [1.54, 1.807) is 24.3 Å². The first-order valence-electron chi connectivity index (χ1n) is 11.6. The Hall–Kier alpha value is -4.42. The van der Waals surface area contributed by atoms with Crippen molar-refractivity contribution in [1.82, 2.24) is 15.3 Å². The molecule has 2 unspecified atom stereocenters. The predicted molar refractivity (Wildman–Crippen MR) is 142 cm³/mol. The smallest absolute Gasteiger partial charge is 0.257 e.